The number of nitrogens with zero attached hydrogens (tertiary/aromatic N) is 2. The first-order chi connectivity index (χ1) is 16.8. The molecule has 3 aromatic rings. The monoisotopic (exact) mass is 484 g/mol. The van der Waals surface area contributed by atoms with Gasteiger partial charge in [0.2, 0.25) is 0 Å². The van der Waals surface area contributed by atoms with Crippen molar-refractivity contribution >= 4 is 10.9 Å². The fraction of sp³-hybridized carbons (Fsp3) is 0.440. The van der Waals surface area contributed by atoms with Crippen LogP contribution in [0.4, 0.5) is 0 Å². The molecule has 2 aliphatic rings. The molecule has 0 saturated carbocycles. The molecule has 0 radical (unpaired) electrons. The highest BCUT2D eigenvalue weighted by Crippen LogP contribution is 2.40. The Morgan fingerprint density at radius 3 is 2.57 bits per heavy atom. The summed E-state index contributed by atoms with van der Waals surface area (Å²) in [6.07, 6.45) is -8.60. The van der Waals surface area contributed by atoms with E-state index in [-0.39, 0.29) is 0 Å². The summed E-state index contributed by atoms with van der Waals surface area (Å²) in [7, 11) is 0. The van der Waals surface area contributed by atoms with Crippen molar-refractivity contribution < 1.29 is 35.0 Å². The van der Waals surface area contributed by atoms with Gasteiger partial charge in [0.15, 0.2) is 12.5 Å². The highest BCUT2D eigenvalue weighted by molar-refractivity contribution is 5.84. The van der Waals surface area contributed by atoms with Gasteiger partial charge in [-0.15, -0.1) is 0 Å². The minimum Gasteiger partial charge on any atom is -0.394 e. The number of aliphatic hydroxyl groups excluding tert-OH is 5. The van der Waals surface area contributed by atoms with Crippen LogP contribution < -0.4 is 5.56 Å². The van der Waals surface area contributed by atoms with Crippen LogP contribution >= 0.6 is 0 Å². The minimum atomic E-state index is -1.57. The summed E-state index contributed by atoms with van der Waals surface area (Å²) in [5.41, 5.74) is 2.67. The van der Waals surface area contributed by atoms with Crippen molar-refractivity contribution in [2.24, 2.45) is 0 Å². The molecule has 5 rings (SSSR count). The second kappa shape index (κ2) is 9.07. The Morgan fingerprint density at radius 2 is 1.86 bits per heavy atom. The van der Waals surface area contributed by atoms with E-state index in [9.17, 15) is 30.3 Å². The predicted molar refractivity (Wildman–Crippen MR) is 124 cm³/mol. The van der Waals surface area contributed by atoms with Crippen molar-refractivity contribution in [3.05, 3.63) is 63.4 Å². The van der Waals surface area contributed by atoms with E-state index in [1.807, 2.05) is 37.3 Å². The van der Waals surface area contributed by atoms with Crippen molar-refractivity contribution in [3.8, 4) is 11.4 Å². The first-order valence-corrected chi connectivity index (χ1v) is 11.6. The van der Waals surface area contributed by atoms with E-state index in [1.165, 1.54) is 4.57 Å². The van der Waals surface area contributed by atoms with E-state index in [4.69, 9.17) is 14.5 Å². The lowest BCUT2D eigenvalue weighted by molar-refractivity contribution is -0.312. The zero-order chi connectivity index (χ0) is 25.0. The van der Waals surface area contributed by atoms with E-state index in [2.05, 4.69) is 0 Å². The molecule has 4 heterocycles. The third-order valence-electron chi connectivity index (χ3n) is 6.91. The van der Waals surface area contributed by atoms with Crippen LogP contribution in [-0.4, -0.2) is 72.4 Å². The normalized spacial score (nSPS) is 28.7. The van der Waals surface area contributed by atoms with Gasteiger partial charge in [-0.25, -0.2) is 4.98 Å². The molecular weight excluding hydrogens is 456 g/mol. The van der Waals surface area contributed by atoms with Crippen LogP contribution in [0.5, 0.6) is 0 Å². The van der Waals surface area contributed by atoms with Gasteiger partial charge >= 0.3 is 0 Å². The number of pyridine rings is 2. The number of para-hydroxylation sites is 1. The molecule has 5 N–H and O–H groups in total. The highest BCUT2D eigenvalue weighted by Gasteiger charge is 2.45. The lowest BCUT2D eigenvalue weighted by Gasteiger charge is -2.41. The first kappa shape index (κ1) is 24.0. The molecule has 35 heavy (non-hydrogen) atoms. The summed E-state index contributed by atoms with van der Waals surface area (Å²) in [4.78, 5) is 18.1. The number of aromatic nitrogens is 2. The van der Waals surface area contributed by atoms with Gasteiger partial charge in [-0.2, -0.15) is 0 Å². The van der Waals surface area contributed by atoms with Crippen LogP contribution in [0.3, 0.4) is 0 Å². The quantitative estimate of drug-likeness (QED) is 0.348. The number of aliphatic hydroxyl groups is 5. The van der Waals surface area contributed by atoms with Gasteiger partial charge in [-0.3, -0.25) is 9.36 Å². The van der Waals surface area contributed by atoms with Crippen molar-refractivity contribution in [3.63, 3.8) is 0 Å². The molecule has 0 spiro atoms. The van der Waals surface area contributed by atoms with Crippen molar-refractivity contribution in [1.82, 2.24) is 9.55 Å². The summed E-state index contributed by atoms with van der Waals surface area (Å²) >= 11 is 0. The van der Waals surface area contributed by atoms with Crippen LogP contribution in [0.15, 0.2) is 41.2 Å². The van der Waals surface area contributed by atoms with Crippen LogP contribution in [0, 0.1) is 6.92 Å². The highest BCUT2D eigenvalue weighted by atomic mass is 16.7. The summed E-state index contributed by atoms with van der Waals surface area (Å²) in [5, 5.41) is 51.8. The van der Waals surface area contributed by atoms with Crippen LogP contribution in [0.25, 0.3) is 22.3 Å². The van der Waals surface area contributed by atoms with Crippen LogP contribution in [0.2, 0.25) is 0 Å². The molecule has 0 aliphatic carbocycles. The van der Waals surface area contributed by atoms with E-state index < -0.39 is 55.2 Å². The third kappa shape index (κ3) is 3.78. The molecular formula is C25H28N2O8. The number of hydrogen-bond acceptors (Lipinski definition) is 9. The van der Waals surface area contributed by atoms with E-state index in [1.54, 1.807) is 13.0 Å². The number of ether oxygens (including phenoxy) is 2. The molecule has 0 unspecified atom stereocenters. The lowest BCUT2D eigenvalue weighted by Crippen LogP contribution is -2.59. The van der Waals surface area contributed by atoms with Gasteiger partial charge in [0.25, 0.3) is 5.56 Å². The van der Waals surface area contributed by atoms with Crippen molar-refractivity contribution in [1.29, 1.82) is 0 Å². The topological polar surface area (TPSA) is 154 Å². The average molecular weight is 485 g/mol. The standard InChI is InChI=1S/C25H28N2O8/c1-3-17(34-25-22(31)21(30)20(29)18(10-28)35-25)13-9-16-19-14(24(33)27(16)23(32)11(13)2)8-12-6-4-5-7-15(12)26-19/h4-9,17-18,20-22,24-25,28-31,33H,3,10H2,1-2H3/t17-,18+,20+,21-,22+,24+,25+/m0/s1. The van der Waals surface area contributed by atoms with Gasteiger partial charge in [-0.1, -0.05) is 25.1 Å². The molecule has 2 aromatic heterocycles. The van der Waals surface area contributed by atoms with Crippen LogP contribution in [0.1, 0.15) is 42.4 Å². The Hall–Kier alpha value is -2.70. The summed E-state index contributed by atoms with van der Waals surface area (Å²) in [5.74, 6) is 0. The third-order valence-corrected chi connectivity index (χ3v) is 6.91. The summed E-state index contributed by atoms with van der Waals surface area (Å²) < 4.78 is 12.8. The molecule has 10 heteroatoms. The first-order valence-electron chi connectivity index (χ1n) is 11.6. The molecule has 7 atom stereocenters. The Kier molecular flexibility index (Phi) is 6.22. The second-order valence-electron chi connectivity index (χ2n) is 9.01. The number of rotatable bonds is 5. The zero-order valence-corrected chi connectivity index (χ0v) is 19.3. The zero-order valence-electron chi connectivity index (χ0n) is 19.3. The fourth-order valence-electron chi connectivity index (χ4n) is 4.90. The SMILES string of the molecule is CC[C@H](O[C@@H]1O[C@H](CO)[C@@H](O)[C@H](O)[C@H]1O)c1cc2n(c(=O)c1C)[C@H](O)c1cc3ccccc3nc1-2. The molecule has 0 amide bonds. The smallest absolute Gasteiger partial charge is 0.256 e. The molecule has 1 fully saturated rings. The molecule has 0 bridgehead atoms. The minimum absolute atomic E-state index is 0.349. The number of fused-ring (bicyclic) bond motifs is 4. The van der Waals surface area contributed by atoms with Crippen LogP contribution in [-0.2, 0) is 9.47 Å². The van der Waals surface area contributed by atoms with Crippen molar-refractivity contribution in [2.45, 2.75) is 63.3 Å². The molecule has 1 aromatic carbocycles. The van der Waals surface area contributed by atoms with E-state index >= 15 is 0 Å². The maximum Gasteiger partial charge on any atom is 0.256 e. The summed E-state index contributed by atoms with van der Waals surface area (Å²) in [6.45, 7) is 2.88. The molecule has 2 aliphatic heterocycles. The maximum atomic E-state index is 13.4. The molecule has 10 nitrogen and oxygen atoms in total. The van der Waals surface area contributed by atoms with Gasteiger partial charge in [0, 0.05) is 16.5 Å². The van der Waals surface area contributed by atoms with Gasteiger partial charge in [-0.05, 0) is 37.1 Å². The Morgan fingerprint density at radius 1 is 1.11 bits per heavy atom. The summed E-state index contributed by atoms with van der Waals surface area (Å²) in [6, 6.07) is 11.1. The van der Waals surface area contributed by atoms with Gasteiger partial charge < -0.3 is 35.0 Å². The predicted octanol–water partition coefficient (Wildman–Crippen LogP) is 0.492. The maximum absolute atomic E-state index is 13.4. The number of benzene rings is 1. The number of hydrogen-bond donors (Lipinski definition) is 5. The Bertz CT molecular complexity index is 1320. The molecule has 186 valence electrons. The Labute approximate surface area is 200 Å². The lowest BCUT2D eigenvalue weighted by atomic mass is 9.98. The van der Waals surface area contributed by atoms with Gasteiger partial charge in [0.1, 0.15) is 24.4 Å². The fourth-order valence-corrected chi connectivity index (χ4v) is 4.90. The Balaban J connectivity index is 1.56. The second-order valence-corrected chi connectivity index (χ2v) is 9.01. The van der Waals surface area contributed by atoms with Gasteiger partial charge in [0.05, 0.1) is 29.6 Å². The van der Waals surface area contributed by atoms with E-state index in [0.717, 1.165) is 10.9 Å². The average Bonchev–Trinajstić information content (AvgIpc) is 3.14. The largest absolute Gasteiger partial charge is 0.394 e. The molecule has 1 saturated heterocycles. The van der Waals surface area contributed by atoms with Crippen molar-refractivity contribution in [2.75, 3.05) is 6.61 Å². The van der Waals surface area contributed by atoms with E-state index in [0.29, 0.717) is 34.5 Å².